The highest BCUT2D eigenvalue weighted by Gasteiger charge is 2.11. The fourth-order valence-corrected chi connectivity index (χ4v) is 0.856. The molecule has 0 heterocycles. The normalized spacial score (nSPS) is 11.9. The topological polar surface area (TPSA) is 43.4 Å². The first-order chi connectivity index (χ1) is 6.63. The van der Waals surface area contributed by atoms with Gasteiger partial charge in [0.05, 0.1) is 0 Å². The van der Waals surface area contributed by atoms with Gasteiger partial charge >= 0.3 is 5.97 Å². The van der Waals surface area contributed by atoms with Crippen molar-refractivity contribution in [3.8, 4) is 5.75 Å². The molecule has 1 atom stereocenters. The van der Waals surface area contributed by atoms with Crippen molar-refractivity contribution in [2.45, 2.75) is 12.3 Å². The summed E-state index contributed by atoms with van der Waals surface area (Å²) in [4.78, 5) is 21.4. The number of hydrogen-bond donors (Lipinski definition) is 0. The first kappa shape index (κ1) is 10.7. The van der Waals surface area contributed by atoms with Gasteiger partial charge in [0, 0.05) is 5.56 Å². The summed E-state index contributed by atoms with van der Waals surface area (Å²) in [7, 11) is 0. The number of halogens is 1. The smallest absolute Gasteiger partial charge is 0.329 e. The van der Waals surface area contributed by atoms with Crippen LogP contribution in [-0.2, 0) is 4.79 Å². The monoisotopic (exact) mass is 212 g/mol. The molecule has 0 N–H and O–H groups in total. The predicted molar refractivity (Wildman–Crippen MR) is 52.8 cm³/mol. The molecule has 0 bridgehead atoms. The zero-order valence-corrected chi connectivity index (χ0v) is 8.32. The van der Waals surface area contributed by atoms with Crippen molar-refractivity contribution in [3.63, 3.8) is 0 Å². The van der Waals surface area contributed by atoms with E-state index < -0.39 is 11.3 Å². The molecule has 1 aromatic rings. The molecule has 0 unspecified atom stereocenters. The second-order valence-electron chi connectivity index (χ2n) is 2.72. The third-order valence-corrected chi connectivity index (χ3v) is 1.74. The van der Waals surface area contributed by atoms with Crippen molar-refractivity contribution in [3.05, 3.63) is 29.8 Å². The average molecular weight is 213 g/mol. The van der Waals surface area contributed by atoms with E-state index in [1.54, 1.807) is 24.3 Å². The Balaban J connectivity index is 2.69. The number of hydrogen-bond acceptors (Lipinski definition) is 3. The molecular weight excluding hydrogens is 204 g/mol. The minimum absolute atomic E-state index is 0.383. The number of carbonyl (C=O) groups is 2. The Kier molecular flexibility index (Phi) is 3.65. The summed E-state index contributed by atoms with van der Waals surface area (Å²) in [5.74, 6) is -0.126. The molecule has 0 amide bonds. The van der Waals surface area contributed by atoms with Crippen molar-refractivity contribution in [1.82, 2.24) is 0 Å². The lowest BCUT2D eigenvalue weighted by molar-refractivity contribution is -0.133. The molecule has 0 aromatic heterocycles. The van der Waals surface area contributed by atoms with Gasteiger partial charge in [0.2, 0.25) is 0 Å². The summed E-state index contributed by atoms with van der Waals surface area (Å²) in [5, 5.41) is -0.680. The number of benzene rings is 1. The molecule has 0 saturated carbocycles. The van der Waals surface area contributed by atoms with Crippen LogP contribution in [0.1, 0.15) is 17.3 Å². The summed E-state index contributed by atoms with van der Waals surface area (Å²) < 4.78 is 4.89. The van der Waals surface area contributed by atoms with Crippen LogP contribution < -0.4 is 4.74 Å². The first-order valence-corrected chi connectivity index (χ1v) is 4.48. The van der Waals surface area contributed by atoms with Crippen LogP contribution in [0.5, 0.6) is 5.75 Å². The quantitative estimate of drug-likeness (QED) is 0.333. The molecule has 14 heavy (non-hydrogen) atoms. The van der Waals surface area contributed by atoms with Gasteiger partial charge in [-0.3, -0.25) is 9.59 Å². The van der Waals surface area contributed by atoms with Gasteiger partial charge in [-0.2, -0.15) is 0 Å². The van der Waals surface area contributed by atoms with Crippen LogP contribution in [0.4, 0.5) is 0 Å². The predicted octanol–water partition coefficient (Wildman–Crippen LogP) is 2.03. The standard InChI is InChI=1S/C10H9ClO3/c1-7(11)10(13)14-9-4-2-8(6-12)3-5-9/h2-7H,1H3/t7-/m0/s1. The molecule has 0 saturated heterocycles. The molecule has 0 fully saturated rings. The maximum Gasteiger partial charge on any atom is 0.329 e. The lowest BCUT2D eigenvalue weighted by Gasteiger charge is -2.04. The second kappa shape index (κ2) is 4.77. The minimum Gasteiger partial charge on any atom is -0.425 e. The first-order valence-electron chi connectivity index (χ1n) is 4.04. The molecule has 0 aliphatic carbocycles. The van der Waals surface area contributed by atoms with E-state index >= 15 is 0 Å². The van der Waals surface area contributed by atoms with E-state index in [9.17, 15) is 9.59 Å². The van der Waals surface area contributed by atoms with Crippen LogP contribution in [0.25, 0.3) is 0 Å². The van der Waals surface area contributed by atoms with Gasteiger partial charge < -0.3 is 4.74 Å². The van der Waals surface area contributed by atoms with Gasteiger partial charge in [-0.1, -0.05) is 0 Å². The number of aldehydes is 1. The fraction of sp³-hybridized carbons (Fsp3) is 0.200. The summed E-state index contributed by atoms with van der Waals surface area (Å²) >= 11 is 5.51. The third-order valence-electron chi connectivity index (χ3n) is 1.56. The molecule has 4 heteroatoms. The second-order valence-corrected chi connectivity index (χ2v) is 3.38. The Bertz CT molecular complexity index is 330. The van der Waals surface area contributed by atoms with Crippen molar-refractivity contribution < 1.29 is 14.3 Å². The van der Waals surface area contributed by atoms with Gasteiger partial charge in [-0.25, -0.2) is 0 Å². The van der Waals surface area contributed by atoms with Crippen LogP contribution in [0, 0.1) is 0 Å². The van der Waals surface area contributed by atoms with E-state index in [4.69, 9.17) is 16.3 Å². The Morgan fingerprint density at radius 3 is 2.43 bits per heavy atom. The van der Waals surface area contributed by atoms with E-state index in [1.807, 2.05) is 0 Å². The van der Waals surface area contributed by atoms with Crippen molar-refractivity contribution in [2.24, 2.45) is 0 Å². The highest BCUT2D eigenvalue weighted by molar-refractivity contribution is 6.29. The molecule has 0 aliphatic rings. The number of carbonyl (C=O) groups excluding carboxylic acids is 2. The summed E-state index contributed by atoms with van der Waals surface area (Å²) in [6, 6.07) is 6.21. The van der Waals surface area contributed by atoms with Crippen LogP contribution in [0.3, 0.4) is 0 Å². The molecule has 1 rings (SSSR count). The highest BCUT2D eigenvalue weighted by Crippen LogP contribution is 2.12. The lowest BCUT2D eigenvalue weighted by atomic mass is 10.2. The molecular formula is C10H9ClO3. The van der Waals surface area contributed by atoms with E-state index in [0.717, 1.165) is 6.29 Å². The number of ether oxygens (including phenoxy) is 1. The summed E-state index contributed by atoms with van der Waals surface area (Å²) in [6.07, 6.45) is 0.718. The minimum atomic E-state index is -0.680. The molecule has 0 radical (unpaired) electrons. The van der Waals surface area contributed by atoms with Gasteiger partial charge in [-0.05, 0) is 31.2 Å². The highest BCUT2D eigenvalue weighted by atomic mass is 35.5. The van der Waals surface area contributed by atoms with Gasteiger partial charge in [0.1, 0.15) is 17.4 Å². The molecule has 0 aliphatic heterocycles. The number of rotatable bonds is 3. The zero-order chi connectivity index (χ0) is 10.6. The van der Waals surface area contributed by atoms with E-state index in [0.29, 0.717) is 11.3 Å². The Hall–Kier alpha value is -1.35. The fourth-order valence-electron chi connectivity index (χ4n) is 0.812. The van der Waals surface area contributed by atoms with E-state index in [-0.39, 0.29) is 0 Å². The Morgan fingerprint density at radius 2 is 2.00 bits per heavy atom. The molecule has 1 aromatic carbocycles. The van der Waals surface area contributed by atoms with E-state index in [1.165, 1.54) is 6.92 Å². The Labute approximate surface area is 86.6 Å². The van der Waals surface area contributed by atoms with Crippen molar-refractivity contribution in [2.75, 3.05) is 0 Å². The van der Waals surface area contributed by atoms with Gasteiger partial charge in [0.25, 0.3) is 0 Å². The van der Waals surface area contributed by atoms with Crippen molar-refractivity contribution in [1.29, 1.82) is 0 Å². The summed E-state index contributed by atoms with van der Waals surface area (Å²) in [5.41, 5.74) is 0.531. The largest absolute Gasteiger partial charge is 0.425 e. The molecule has 0 spiro atoms. The molecule has 3 nitrogen and oxygen atoms in total. The maximum atomic E-state index is 11.0. The Morgan fingerprint density at radius 1 is 1.43 bits per heavy atom. The van der Waals surface area contributed by atoms with Crippen LogP contribution in [0.2, 0.25) is 0 Å². The van der Waals surface area contributed by atoms with Crippen LogP contribution >= 0.6 is 11.6 Å². The van der Waals surface area contributed by atoms with Gasteiger partial charge in [0.15, 0.2) is 0 Å². The van der Waals surface area contributed by atoms with Crippen LogP contribution in [-0.4, -0.2) is 17.6 Å². The summed E-state index contributed by atoms with van der Waals surface area (Å²) in [6.45, 7) is 1.53. The SMILES string of the molecule is C[C@H](Cl)C(=O)Oc1ccc(C=O)cc1. The van der Waals surface area contributed by atoms with Crippen molar-refractivity contribution >= 4 is 23.9 Å². The molecule has 74 valence electrons. The van der Waals surface area contributed by atoms with E-state index in [2.05, 4.69) is 0 Å². The average Bonchev–Trinajstić information content (AvgIpc) is 2.19. The zero-order valence-electron chi connectivity index (χ0n) is 7.57. The number of alkyl halides is 1. The third kappa shape index (κ3) is 2.85. The van der Waals surface area contributed by atoms with Crippen LogP contribution in [0.15, 0.2) is 24.3 Å². The van der Waals surface area contributed by atoms with Gasteiger partial charge in [-0.15, -0.1) is 11.6 Å². The maximum absolute atomic E-state index is 11.0. The lowest BCUT2D eigenvalue weighted by Crippen LogP contribution is -2.17. The number of esters is 1.